The zero-order chi connectivity index (χ0) is 23.7. The minimum absolute atomic E-state index is 0.0150. The summed E-state index contributed by atoms with van der Waals surface area (Å²) in [5, 5.41) is 15.0. The predicted molar refractivity (Wildman–Crippen MR) is 109 cm³/mol. The van der Waals surface area contributed by atoms with Crippen LogP contribution in [-0.2, 0) is 4.79 Å². The summed E-state index contributed by atoms with van der Waals surface area (Å²) >= 11 is 5.57. The van der Waals surface area contributed by atoms with Gasteiger partial charge in [0, 0.05) is 18.7 Å². The molecule has 1 aromatic carbocycles. The van der Waals surface area contributed by atoms with Crippen LogP contribution in [-0.4, -0.2) is 52.2 Å². The predicted octanol–water partition coefficient (Wildman–Crippen LogP) is 2.44. The molecule has 0 saturated heterocycles. The van der Waals surface area contributed by atoms with Crippen molar-refractivity contribution >= 4 is 23.4 Å². The monoisotopic (exact) mass is 472 g/mol. The smallest absolute Gasteiger partial charge is 0.281 e. The third-order valence-electron chi connectivity index (χ3n) is 4.04. The molecular weight excluding hydrogens is 453 g/mol. The summed E-state index contributed by atoms with van der Waals surface area (Å²) in [5.41, 5.74) is -0.748. The summed E-state index contributed by atoms with van der Waals surface area (Å²) in [6.45, 7) is 2.97. The highest BCUT2D eigenvalue weighted by Gasteiger charge is 2.17. The van der Waals surface area contributed by atoms with Gasteiger partial charge in [0.2, 0.25) is 0 Å². The van der Waals surface area contributed by atoms with Crippen molar-refractivity contribution in [3.63, 3.8) is 0 Å². The van der Waals surface area contributed by atoms with Crippen LogP contribution in [0.2, 0.25) is 5.02 Å². The molecule has 172 valence electrons. The molecule has 0 spiro atoms. The van der Waals surface area contributed by atoms with E-state index in [9.17, 15) is 27.9 Å². The minimum atomic E-state index is -2.80. The molecule has 0 saturated carbocycles. The largest absolute Gasteiger partial charge is 0.484 e. The lowest BCUT2D eigenvalue weighted by Gasteiger charge is -2.19. The molecule has 2 rings (SSSR count). The Kier molecular flexibility index (Phi) is 9.41. The molecule has 32 heavy (non-hydrogen) atoms. The van der Waals surface area contributed by atoms with Gasteiger partial charge in [-0.2, -0.15) is 0 Å². The van der Waals surface area contributed by atoms with Crippen molar-refractivity contribution in [2.45, 2.75) is 25.0 Å². The number of nitrogens with one attached hydrogen (secondary N) is 2. The number of alkyl halides is 2. The van der Waals surface area contributed by atoms with E-state index in [4.69, 9.17) is 16.3 Å². The summed E-state index contributed by atoms with van der Waals surface area (Å²) in [5.74, 6) is -1.82. The van der Waals surface area contributed by atoms with Gasteiger partial charge in [0.25, 0.3) is 18.2 Å². The van der Waals surface area contributed by atoms with Crippen LogP contribution in [0.3, 0.4) is 0 Å². The van der Waals surface area contributed by atoms with E-state index in [1.807, 2.05) is 0 Å². The van der Waals surface area contributed by atoms with Crippen LogP contribution < -0.4 is 15.4 Å². The topological polar surface area (TPSA) is 113 Å². The van der Waals surface area contributed by atoms with Gasteiger partial charge in [-0.1, -0.05) is 17.7 Å². The van der Waals surface area contributed by atoms with Crippen molar-refractivity contribution in [3.8, 4) is 5.75 Å². The van der Waals surface area contributed by atoms with Gasteiger partial charge >= 0.3 is 0 Å². The maximum Gasteiger partial charge on any atom is 0.281 e. The second-order valence-corrected chi connectivity index (χ2v) is 6.91. The van der Waals surface area contributed by atoms with Crippen molar-refractivity contribution < 1.29 is 32.6 Å². The number of carbonyl (C=O) groups excluding carboxylic acids is 2. The van der Waals surface area contributed by atoms with Crippen molar-refractivity contribution in [2.24, 2.45) is 0 Å². The summed E-state index contributed by atoms with van der Waals surface area (Å²) in [4.78, 5) is 31.0. The molecule has 0 aliphatic heterocycles. The number of aromatic nitrogens is 2. The maximum atomic E-state index is 13.4. The number of aliphatic hydroxyl groups is 1. The van der Waals surface area contributed by atoms with Crippen LogP contribution in [0.1, 0.15) is 29.0 Å². The molecule has 0 bridgehead atoms. The Hall–Kier alpha value is -3.18. The van der Waals surface area contributed by atoms with Crippen molar-refractivity contribution in [1.82, 2.24) is 20.6 Å². The van der Waals surface area contributed by atoms with Crippen LogP contribution in [0.4, 0.5) is 13.2 Å². The zero-order valence-electron chi connectivity index (χ0n) is 16.6. The Morgan fingerprint density at radius 3 is 2.62 bits per heavy atom. The van der Waals surface area contributed by atoms with Crippen LogP contribution in [0.25, 0.3) is 0 Å². The van der Waals surface area contributed by atoms with E-state index in [2.05, 4.69) is 27.2 Å². The Labute approximate surface area is 186 Å². The molecule has 0 aliphatic carbocycles. The fourth-order valence-corrected chi connectivity index (χ4v) is 2.54. The van der Waals surface area contributed by atoms with E-state index in [1.54, 1.807) is 0 Å². The van der Waals surface area contributed by atoms with Crippen molar-refractivity contribution in [3.05, 3.63) is 65.5 Å². The van der Waals surface area contributed by atoms with Gasteiger partial charge in [-0.3, -0.25) is 14.6 Å². The number of ether oxygens (including phenoxy) is 1. The molecule has 8 nitrogen and oxygen atoms in total. The molecule has 2 unspecified atom stereocenters. The second kappa shape index (κ2) is 12.0. The number of hydrogen-bond acceptors (Lipinski definition) is 6. The Morgan fingerprint density at radius 1 is 1.28 bits per heavy atom. The van der Waals surface area contributed by atoms with Gasteiger partial charge in [-0.25, -0.2) is 18.2 Å². The van der Waals surface area contributed by atoms with Gasteiger partial charge < -0.3 is 20.5 Å². The molecule has 2 atom stereocenters. The number of rotatable bonds is 11. The average molecular weight is 473 g/mol. The molecule has 2 aromatic rings. The first-order valence-corrected chi connectivity index (χ1v) is 9.63. The van der Waals surface area contributed by atoms with Crippen LogP contribution in [0.15, 0.2) is 43.2 Å². The van der Waals surface area contributed by atoms with Gasteiger partial charge in [0.05, 0.1) is 23.5 Å². The Morgan fingerprint density at radius 2 is 2.03 bits per heavy atom. The Balaban J connectivity index is 1.76. The normalized spacial score (nSPS) is 12.7. The average Bonchev–Trinajstić information content (AvgIpc) is 2.77. The highest BCUT2D eigenvalue weighted by Crippen LogP contribution is 2.20. The molecule has 1 heterocycles. The quantitative estimate of drug-likeness (QED) is 0.433. The lowest BCUT2D eigenvalue weighted by Crippen LogP contribution is -2.41. The standard InChI is InChI=1S/C20H20ClF3N4O4/c1-2-11(28-18(30)10-32-13-3-4-14(21)15(22)6-13)5-12(29)7-27-20(31)17-9-25-16(8-26-17)19(23)24/h2-4,6,8-9,11-12,19,29H,1,5,7,10H2,(H,27,31)(H,28,30). The number of nitrogens with zero attached hydrogens (tertiary/aromatic N) is 2. The van der Waals surface area contributed by atoms with E-state index >= 15 is 0 Å². The fourth-order valence-electron chi connectivity index (χ4n) is 2.42. The first-order chi connectivity index (χ1) is 15.2. The SMILES string of the molecule is C=CC(CC(O)CNC(=O)c1cnc(C(F)F)cn1)NC(=O)COc1ccc(Cl)c(F)c1. The third-order valence-corrected chi connectivity index (χ3v) is 4.35. The molecule has 0 aliphatic rings. The number of halogens is 4. The molecule has 0 fully saturated rings. The summed E-state index contributed by atoms with van der Waals surface area (Å²) in [7, 11) is 0. The zero-order valence-corrected chi connectivity index (χ0v) is 17.4. The van der Waals surface area contributed by atoms with E-state index in [-0.39, 0.29) is 29.4 Å². The first-order valence-electron chi connectivity index (χ1n) is 9.25. The molecule has 2 amide bonds. The highest BCUT2D eigenvalue weighted by molar-refractivity contribution is 6.30. The highest BCUT2D eigenvalue weighted by atomic mass is 35.5. The van der Waals surface area contributed by atoms with E-state index < -0.39 is 48.5 Å². The van der Waals surface area contributed by atoms with E-state index in [0.29, 0.717) is 0 Å². The molecular formula is C20H20ClF3N4O4. The number of hydrogen-bond donors (Lipinski definition) is 3. The van der Waals surface area contributed by atoms with Crippen LogP contribution >= 0.6 is 11.6 Å². The summed E-state index contributed by atoms with van der Waals surface area (Å²) in [6.07, 6.45) is -0.768. The molecule has 3 N–H and O–H groups in total. The minimum Gasteiger partial charge on any atom is -0.484 e. The van der Waals surface area contributed by atoms with Crippen molar-refractivity contribution in [2.75, 3.05) is 13.2 Å². The number of carbonyl (C=O) groups is 2. The lowest BCUT2D eigenvalue weighted by atomic mass is 10.1. The molecule has 1 aromatic heterocycles. The molecule has 0 radical (unpaired) electrons. The van der Waals surface area contributed by atoms with Gasteiger partial charge in [0.1, 0.15) is 23.0 Å². The second-order valence-electron chi connectivity index (χ2n) is 6.50. The van der Waals surface area contributed by atoms with Crippen LogP contribution in [0, 0.1) is 5.82 Å². The van der Waals surface area contributed by atoms with E-state index in [0.717, 1.165) is 18.5 Å². The lowest BCUT2D eigenvalue weighted by molar-refractivity contribution is -0.123. The fraction of sp³-hybridized carbons (Fsp3) is 0.300. The first kappa shape index (κ1) is 25.1. The number of amides is 2. The Bertz CT molecular complexity index is 947. The van der Waals surface area contributed by atoms with Gasteiger partial charge in [0.15, 0.2) is 6.61 Å². The molecule has 12 heteroatoms. The van der Waals surface area contributed by atoms with Gasteiger partial charge in [-0.05, 0) is 18.6 Å². The maximum absolute atomic E-state index is 13.4. The van der Waals surface area contributed by atoms with Gasteiger partial charge in [-0.15, -0.1) is 6.58 Å². The summed E-state index contributed by atoms with van der Waals surface area (Å²) in [6, 6.07) is 3.09. The number of benzene rings is 1. The van der Waals surface area contributed by atoms with Crippen molar-refractivity contribution in [1.29, 1.82) is 0 Å². The van der Waals surface area contributed by atoms with Crippen LogP contribution in [0.5, 0.6) is 5.75 Å². The number of aliphatic hydroxyl groups excluding tert-OH is 1. The summed E-state index contributed by atoms with van der Waals surface area (Å²) < 4.78 is 43.5. The third kappa shape index (κ3) is 7.82. The van der Waals surface area contributed by atoms with E-state index in [1.165, 1.54) is 18.2 Å².